The highest BCUT2D eigenvalue weighted by atomic mass is 79.9. The Balaban J connectivity index is 1.50. The van der Waals surface area contributed by atoms with E-state index in [-0.39, 0.29) is 11.8 Å². The molecule has 5 nitrogen and oxygen atoms in total. The summed E-state index contributed by atoms with van der Waals surface area (Å²) >= 11 is 4.90. The van der Waals surface area contributed by atoms with Crippen LogP contribution >= 0.6 is 27.3 Å². The van der Waals surface area contributed by atoms with Gasteiger partial charge in [0.15, 0.2) is 0 Å². The van der Waals surface area contributed by atoms with Crippen LogP contribution in [0.25, 0.3) is 11.4 Å². The summed E-state index contributed by atoms with van der Waals surface area (Å²) in [5.41, 5.74) is 0.917. The van der Waals surface area contributed by atoms with Crippen LogP contribution in [0.4, 0.5) is 0 Å². The molecule has 0 N–H and O–H groups in total. The van der Waals surface area contributed by atoms with Gasteiger partial charge in [0.2, 0.25) is 11.7 Å². The number of carbonyl (C=O) groups is 1. The van der Waals surface area contributed by atoms with Gasteiger partial charge in [-0.25, -0.2) is 0 Å². The molecule has 128 valence electrons. The molecule has 7 heteroatoms. The van der Waals surface area contributed by atoms with Crippen LogP contribution in [-0.4, -0.2) is 34.0 Å². The Bertz CT molecular complexity index is 861. The molecule has 0 radical (unpaired) electrons. The highest BCUT2D eigenvalue weighted by Crippen LogP contribution is 2.29. The second-order valence-electron chi connectivity index (χ2n) is 6.03. The molecule has 1 aromatic carbocycles. The van der Waals surface area contributed by atoms with Crippen molar-refractivity contribution in [2.45, 2.75) is 18.8 Å². The van der Waals surface area contributed by atoms with Gasteiger partial charge in [0.05, 0.1) is 10.8 Å². The predicted molar refractivity (Wildman–Crippen MR) is 99.6 cm³/mol. The number of piperidine rings is 1. The van der Waals surface area contributed by atoms with E-state index in [0.29, 0.717) is 18.3 Å². The lowest BCUT2D eigenvalue weighted by molar-refractivity contribution is 0.0700. The highest BCUT2D eigenvalue weighted by molar-refractivity contribution is 9.10. The van der Waals surface area contributed by atoms with Gasteiger partial charge in [-0.3, -0.25) is 4.79 Å². The number of hydrogen-bond acceptors (Lipinski definition) is 5. The van der Waals surface area contributed by atoms with Crippen molar-refractivity contribution >= 4 is 33.2 Å². The van der Waals surface area contributed by atoms with E-state index in [1.54, 1.807) is 0 Å². The van der Waals surface area contributed by atoms with Crippen molar-refractivity contribution in [3.05, 3.63) is 57.0 Å². The number of nitrogens with zero attached hydrogens (tertiary/aromatic N) is 3. The minimum absolute atomic E-state index is 0.0901. The van der Waals surface area contributed by atoms with Crippen LogP contribution < -0.4 is 0 Å². The highest BCUT2D eigenvalue weighted by Gasteiger charge is 2.29. The zero-order chi connectivity index (χ0) is 17.2. The number of benzene rings is 1. The summed E-state index contributed by atoms with van der Waals surface area (Å²) in [6, 6.07) is 11.6. The van der Waals surface area contributed by atoms with Crippen LogP contribution in [0.3, 0.4) is 0 Å². The average Bonchev–Trinajstić information content (AvgIpc) is 3.34. The van der Waals surface area contributed by atoms with E-state index in [1.807, 2.05) is 46.7 Å². The average molecular weight is 418 g/mol. The molecule has 3 heterocycles. The standard InChI is InChI=1S/C18H16BrN3O2S/c19-14-7-5-12(6-8-14)16-20-17(24-21-16)13-3-1-9-22(11-13)18(23)15-4-2-10-25-15/h2,4-8,10,13H,1,3,9,11H2. The Labute approximate surface area is 157 Å². The third kappa shape index (κ3) is 3.52. The fourth-order valence-electron chi connectivity index (χ4n) is 3.04. The number of thiophene rings is 1. The van der Waals surface area contributed by atoms with Crippen molar-refractivity contribution in [3.8, 4) is 11.4 Å². The summed E-state index contributed by atoms with van der Waals surface area (Å²) in [4.78, 5) is 19.8. The third-order valence-corrected chi connectivity index (χ3v) is 5.72. The Hall–Kier alpha value is -1.99. The summed E-state index contributed by atoms with van der Waals surface area (Å²) in [5.74, 6) is 1.38. The molecule has 1 atom stereocenters. The summed E-state index contributed by atoms with van der Waals surface area (Å²) in [6.07, 6.45) is 1.90. The van der Waals surface area contributed by atoms with E-state index in [1.165, 1.54) is 11.3 Å². The predicted octanol–water partition coefficient (Wildman–Crippen LogP) is 4.58. The molecule has 0 aliphatic carbocycles. The number of rotatable bonds is 3. The van der Waals surface area contributed by atoms with Gasteiger partial charge in [0.1, 0.15) is 0 Å². The second kappa shape index (κ2) is 7.09. The van der Waals surface area contributed by atoms with Crippen molar-refractivity contribution in [1.29, 1.82) is 0 Å². The number of halogens is 1. The second-order valence-corrected chi connectivity index (χ2v) is 7.89. The van der Waals surface area contributed by atoms with Gasteiger partial charge in [0, 0.05) is 23.1 Å². The molecule has 4 rings (SSSR count). The van der Waals surface area contributed by atoms with E-state index < -0.39 is 0 Å². The van der Waals surface area contributed by atoms with E-state index in [4.69, 9.17) is 4.52 Å². The molecule has 1 amide bonds. The lowest BCUT2D eigenvalue weighted by Gasteiger charge is -2.30. The van der Waals surface area contributed by atoms with Gasteiger partial charge in [-0.15, -0.1) is 11.3 Å². The maximum atomic E-state index is 12.6. The first-order chi connectivity index (χ1) is 12.2. The summed E-state index contributed by atoms with van der Waals surface area (Å²) < 4.78 is 6.51. The van der Waals surface area contributed by atoms with Crippen molar-refractivity contribution < 1.29 is 9.32 Å². The number of amides is 1. The number of carbonyl (C=O) groups excluding carboxylic acids is 1. The summed E-state index contributed by atoms with van der Waals surface area (Å²) in [5, 5.41) is 6.04. The van der Waals surface area contributed by atoms with Gasteiger partial charge in [0.25, 0.3) is 5.91 Å². The minimum Gasteiger partial charge on any atom is -0.339 e. The first-order valence-electron chi connectivity index (χ1n) is 8.13. The quantitative estimate of drug-likeness (QED) is 0.625. The van der Waals surface area contributed by atoms with Crippen molar-refractivity contribution in [2.75, 3.05) is 13.1 Å². The normalized spacial score (nSPS) is 17.6. The molecule has 1 aliphatic heterocycles. The molecule has 1 fully saturated rings. The molecular formula is C18H16BrN3O2S. The van der Waals surface area contributed by atoms with Gasteiger partial charge >= 0.3 is 0 Å². The van der Waals surface area contributed by atoms with Crippen LogP contribution in [0, 0.1) is 0 Å². The minimum atomic E-state index is 0.0901. The molecule has 2 aromatic heterocycles. The molecule has 0 spiro atoms. The summed E-state index contributed by atoms with van der Waals surface area (Å²) in [6.45, 7) is 1.40. The Morgan fingerprint density at radius 2 is 2.12 bits per heavy atom. The maximum Gasteiger partial charge on any atom is 0.263 e. The third-order valence-electron chi connectivity index (χ3n) is 4.33. The largest absolute Gasteiger partial charge is 0.339 e. The van der Waals surface area contributed by atoms with Crippen LogP contribution in [0.15, 0.2) is 50.8 Å². The fraction of sp³-hybridized carbons (Fsp3) is 0.278. The first-order valence-corrected chi connectivity index (χ1v) is 9.80. The molecule has 0 bridgehead atoms. The van der Waals surface area contributed by atoms with Gasteiger partial charge in [-0.2, -0.15) is 4.98 Å². The maximum absolute atomic E-state index is 12.6. The molecule has 1 unspecified atom stereocenters. The Morgan fingerprint density at radius 3 is 2.88 bits per heavy atom. The number of aromatic nitrogens is 2. The molecular weight excluding hydrogens is 402 g/mol. The lowest BCUT2D eigenvalue weighted by Crippen LogP contribution is -2.38. The van der Waals surface area contributed by atoms with Crippen LogP contribution in [0.5, 0.6) is 0 Å². The first kappa shape index (κ1) is 16.5. The van der Waals surface area contributed by atoms with Gasteiger partial charge in [-0.05, 0) is 48.6 Å². The Morgan fingerprint density at radius 1 is 1.28 bits per heavy atom. The van der Waals surface area contributed by atoms with E-state index in [0.717, 1.165) is 34.3 Å². The smallest absolute Gasteiger partial charge is 0.263 e. The van der Waals surface area contributed by atoms with Gasteiger partial charge < -0.3 is 9.42 Å². The van der Waals surface area contributed by atoms with Crippen molar-refractivity contribution in [2.24, 2.45) is 0 Å². The van der Waals surface area contributed by atoms with E-state index in [9.17, 15) is 4.79 Å². The zero-order valence-electron chi connectivity index (χ0n) is 13.4. The van der Waals surface area contributed by atoms with Crippen LogP contribution in [0.1, 0.15) is 34.3 Å². The monoisotopic (exact) mass is 417 g/mol. The molecule has 3 aromatic rings. The van der Waals surface area contributed by atoms with E-state index in [2.05, 4.69) is 26.1 Å². The number of likely N-dealkylation sites (tertiary alicyclic amines) is 1. The number of hydrogen-bond donors (Lipinski definition) is 0. The SMILES string of the molecule is O=C(c1cccs1)N1CCCC(c2nc(-c3ccc(Br)cc3)no2)C1. The Kier molecular flexibility index (Phi) is 4.67. The molecule has 1 saturated heterocycles. The molecule has 1 aliphatic rings. The topological polar surface area (TPSA) is 59.2 Å². The zero-order valence-corrected chi connectivity index (χ0v) is 15.8. The van der Waals surface area contributed by atoms with Crippen LogP contribution in [0.2, 0.25) is 0 Å². The van der Waals surface area contributed by atoms with Crippen molar-refractivity contribution in [1.82, 2.24) is 15.0 Å². The molecule has 0 saturated carbocycles. The van der Waals surface area contributed by atoms with E-state index >= 15 is 0 Å². The van der Waals surface area contributed by atoms with Crippen molar-refractivity contribution in [3.63, 3.8) is 0 Å². The summed E-state index contributed by atoms with van der Waals surface area (Å²) in [7, 11) is 0. The lowest BCUT2D eigenvalue weighted by atomic mass is 9.98. The molecule has 25 heavy (non-hydrogen) atoms. The van der Waals surface area contributed by atoms with Gasteiger partial charge in [-0.1, -0.05) is 27.2 Å². The fourth-order valence-corrected chi connectivity index (χ4v) is 3.99. The van der Waals surface area contributed by atoms with Crippen LogP contribution in [-0.2, 0) is 0 Å².